The summed E-state index contributed by atoms with van der Waals surface area (Å²) in [7, 11) is -4.29. The van der Waals surface area contributed by atoms with Crippen LogP contribution < -0.4 is 5.73 Å². The Balaban J connectivity index is 1.81. The fourth-order valence-corrected chi connectivity index (χ4v) is 4.17. The minimum absolute atomic E-state index is 0.111. The third-order valence-corrected chi connectivity index (χ3v) is 5.38. The lowest BCUT2D eigenvalue weighted by atomic mass is 10.1. The minimum Gasteiger partial charge on any atom is -0.386 e. The highest BCUT2D eigenvalue weighted by Gasteiger charge is 2.53. The second-order valence-corrected chi connectivity index (χ2v) is 7.82. The molecule has 156 valence electrons. The van der Waals surface area contributed by atoms with Crippen molar-refractivity contribution in [3.63, 3.8) is 0 Å². The van der Waals surface area contributed by atoms with Gasteiger partial charge in [0.05, 0.1) is 6.61 Å². The van der Waals surface area contributed by atoms with Gasteiger partial charge in [0.15, 0.2) is 29.0 Å². The lowest BCUT2D eigenvalue weighted by molar-refractivity contribution is -0.0666. The Hall–Kier alpha value is -3.38. The molecule has 2 saturated heterocycles. The van der Waals surface area contributed by atoms with Crippen molar-refractivity contribution in [2.75, 3.05) is 12.3 Å². The zero-order valence-electron chi connectivity index (χ0n) is 15.9. The maximum absolute atomic E-state index is 11.8. The van der Waals surface area contributed by atoms with E-state index < -0.39 is 32.4 Å². The van der Waals surface area contributed by atoms with Crippen molar-refractivity contribution >= 4 is 24.8 Å². The number of nitrogens with two attached hydrogens (primary N) is 1. The number of aliphatic hydroxyl groups is 1. The highest BCUT2D eigenvalue weighted by molar-refractivity contribution is 7.47. The van der Waals surface area contributed by atoms with Crippen LogP contribution in [0.3, 0.4) is 0 Å². The van der Waals surface area contributed by atoms with E-state index in [1.165, 1.54) is 4.57 Å². The molecule has 0 saturated carbocycles. The largest absolute Gasteiger partial charge is 0.472 e. The van der Waals surface area contributed by atoms with E-state index in [1.54, 1.807) is 6.92 Å². The van der Waals surface area contributed by atoms with Crippen LogP contribution in [-0.4, -0.2) is 54.4 Å². The second kappa shape index (κ2) is 8.04. The quantitative estimate of drug-likeness (QED) is 0.391. The molecule has 2 aromatic heterocycles. The number of anilines is 1. The number of rotatable bonds is 1. The van der Waals surface area contributed by atoms with E-state index in [2.05, 4.69) is 56.4 Å². The first-order valence-corrected chi connectivity index (χ1v) is 10.3. The third-order valence-electron chi connectivity index (χ3n) is 4.40. The summed E-state index contributed by atoms with van der Waals surface area (Å²) >= 11 is 0. The van der Waals surface area contributed by atoms with Gasteiger partial charge in [-0.05, 0) is 48.4 Å². The molecular formula is C19H14N5O6P. The number of hydrogen-bond donors (Lipinski definition) is 3. The molecule has 2 aliphatic heterocycles. The number of hydrogen-bond acceptors (Lipinski definition) is 9. The molecule has 4 N–H and O–H groups in total. The molecule has 5 atom stereocenters. The number of imidazole rings is 1. The zero-order valence-corrected chi connectivity index (χ0v) is 16.8. The summed E-state index contributed by atoms with van der Waals surface area (Å²) in [6, 6.07) is 0. The SMILES string of the molecule is C#CC#CC#CC#Cc1nc2c(N)nc(C)nc2n1C1OC2COP(=O)(O)OC2C1O. The lowest BCUT2D eigenvalue weighted by Gasteiger charge is -2.27. The monoisotopic (exact) mass is 439 g/mol. The predicted octanol–water partition coefficient (Wildman–Crippen LogP) is -0.517. The molecule has 2 aliphatic rings. The molecule has 0 radical (unpaired) electrons. The highest BCUT2D eigenvalue weighted by atomic mass is 31.2. The summed E-state index contributed by atoms with van der Waals surface area (Å²) in [5.41, 5.74) is 6.47. The minimum atomic E-state index is -4.29. The van der Waals surface area contributed by atoms with E-state index in [-0.39, 0.29) is 29.4 Å². The molecule has 11 nitrogen and oxygen atoms in total. The fraction of sp³-hybridized carbons (Fsp3) is 0.316. The Morgan fingerprint density at radius 2 is 1.97 bits per heavy atom. The first kappa shape index (κ1) is 20.9. The van der Waals surface area contributed by atoms with Crippen LogP contribution in [0, 0.1) is 54.8 Å². The Kier molecular flexibility index (Phi) is 5.41. The molecule has 0 aliphatic carbocycles. The van der Waals surface area contributed by atoms with Crippen molar-refractivity contribution in [2.24, 2.45) is 0 Å². The van der Waals surface area contributed by atoms with Gasteiger partial charge in [0.25, 0.3) is 0 Å². The first-order valence-electron chi connectivity index (χ1n) is 8.78. The van der Waals surface area contributed by atoms with Gasteiger partial charge in [0.2, 0.25) is 0 Å². The van der Waals surface area contributed by atoms with E-state index in [4.69, 9.17) is 25.9 Å². The normalized spacial score (nSPS) is 28.8. The molecule has 0 bridgehead atoms. The van der Waals surface area contributed by atoms with Crippen molar-refractivity contribution in [1.82, 2.24) is 19.5 Å². The van der Waals surface area contributed by atoms with Crippen LogP contribution in [0.1, 0.15) is 17.9 Å². The summed E-state index contributed by atoms with van der Waals surface area (Å²) in [6.45, 7) is 1.40. The number of aryl methyl sites for hydroxylation is 1. The summed E-state index contributed by atoms with van der Waals surface area (Å²) in [4.78, 5) is 22.4. The van der Waals surface area contributed by atoms with Crippen molar-refractivity contribution in [3.05, 3.63) is 11.6 Å². The Labute approximate surface area is 176 Å². The molecule has 31 heavy (non-hydrogen) atoms. The number of aliphatic hydroxyl groups excluding tert-OH is 1. The number of nitrogens with zero attached hydrogens (tertiary/aromatic N) is 4. The number of terminal acetylenes is 1. The van der Waals surface area contributed by atoms with Crippen LogP contribution in [-0.2, 0) is 18.3 Å². The number of phosphoric acid groups is 1. The van der Waals surface area contributed by atoms with Gasteiger partial charge in [0, 0.05) is 0 Å². The third kappa shape index (κ3) is 3.99. The molecule has 5 unspecified atom stereocenters. The van der Waals surface area contributed by atoms with Gasteiger partial charge >= 0.3 is 7.82 Å². The number of phosphoric ester groups is 1. The van der Waals surface area contributed by atoms with Gasteiger partial charge in [0.1, 0.15) is 24.1 Å². The highest BCUT2D eigenvalue weighted by Crippen LogP contribution is 2.52. The number of ether oxygens (including phenoxy) is 1. The molecule has 4 heterocycles. The molecule has 2 aromatic rings. The second-order valence-electron chi connectivity index (χ2n) is 6.42. The van der Waals surface area contributed by atoms with E-state index in [1.807, 2.05) is 0 Å². The topological polar surface area (TPSA) is 155 Å². The smallest absolute Gasteiger partial charge is 0.386 e. The van der Waals surface area contributed by atoms with E-state index in [0.29, 0.717) is 5.82 Å². The molecule has 0 spiro atoms. The number of fused-ring (bicyclic) bond motifs is 2. The van der Waals surface area contributed by atoms with Gasteiger partial charge in [-0.25, -0.2) is 19.5 Å². The summed E-state index contributed by atoms with van der Waals surface area (Å²) in [5, 5.41) is 10.8. The van der Waals surface area contributed by atoms with Crippen LogP contribution >= 0.6 is 7.82 Å². The fourth-order valence-electron chi connectivity index (χ4n) is 3.20. The van der Waals surface area contributed by atoms with Crippen molar-refractivity contribution < 1.29 is 28.3 Å². The van der Waals surface area contributed by atoms with Crippen molar-refractivity contribution in [2.45, 2.75) is 31.5 Å². The molecular weight excluding hydrogens is 425 g/mol. The molecule has 0 aromatic carbocycles. The van der Waals surface area contributed by atoms with Gasteiger partial charge in [-0.2, -0.15) is 0 Å². The van der Waals surface area contributed by atoms with Crippen LogP contribution in [0.5, 0.6) is 0 Å². The summed E-state index contributed by atoms with van der Waals surface area (Å²) < 4.78 is 28.8. The lowest BCUT2D eigenvalue weighted by Crippen LogP contribution is -2.39. The molecule has 2 fully saturated rings. The maximum Gasteiger partial charge on any atom is 0.472 e. The van der Waals surface area contributed by atoms with Crippen molar-refractivity contribution in [1.29, 1.82) is 0 Å². The van der Waals surface area contributed by atoms with Gasteiger partial charge < -0.3 is 20.5 Å². The van der Waals surface area contributed by atoms with Gasteiger partial charge in [-0.15, -0.1) is 6.42 Å². The van der Waals surface area contributed by atoms with E-state index in [0.717, 1.165) is 0 Å². The molecule has 4 rings (SSSR count). The Morgan fingerprint density at radius 1 is 1.23 bits per heavy atom. The van der Waals surface area contributed by atoms with E-state index >= 15 is 0 Å². The van der Waals surface area contributed by atoms with Crippen LogP contribution in [0.25, 0.3) is 11.2 Å². The number of aromatic nitrogens is 4. The maximum atomic E-state index is 11.8. The average molecular weight is 439 g/mol. The van der Waals surface area contributed by atoms with Crippen LogP contribution in [0.15, 0.2) is 0 Å². The van der Waals surface area contributed by atoms with E-state index in [9.17, 15) is 14.6 Å². The predicted molar refractivity (Wildman–Crippen MR) is 106 cm³/mol. The molecule has 12 heteroatoms. The first-order chi connectivity index (χ1) is 14.8. The average Bonchev–Trinajstić information content (AvgIpc) is 3.21. The van der Waals surface area contributed by atoms with Gasteiger partial charge in [-0.1, -0.05) is 0 Å². The zero-order chi connectivity index (χ0) is 22.2. The molecule has 0 amide bonds. The number of nitrogen functional groups attached to an aromatic ring is 1. The van der Waals surface area contributed by atoms with Crippen LogP contribution in [0.2, 0.25) is 0 Å². The van der Waals surface area contributed by atoms with Crippen LogP contribution in [0.4, 0.5) is 5.82 Å². The Morgan fingerprint density at radius 3 is 2.74 bits per heavy atom. The van der Waals surface area contributed by atoms with Crippen molar-refractivity contribution in [3.8, 4) is 47.9 Å². The summed E-state index contributed by atoms with van der Waals surface area (Å²) in [5.74, 6) is 17.8. The summed E-state index contributed by atoms with van der Waals surface area (Å²) in [6.07, 6.45) is 0.660. The van der Waals surface area contributed by atoms with Gasteiger partial charge in [-0.3, -0.25) is 13.6 Å². The standard InChI is InChI=1S/C19H14N5O6P/c1-3-4-5-6-7-8-9-13-23-14-17(20)21-11(2)22-18(14)24(13)19-15(25)16-12(29-19)10-28-31(26,27)30-16/h1,12,15-16,19,25H,10H2,2H3,(H,26,27)(H2,20,21,22). The Bertz CT molecular complexity index is 1350.